The zero-order chi connectivity index (χ0) is 14.7. The number of likely N-dealkylation sites (tertiary alicyclic amines) is 1. The fourth-order valence-corrected chi connectivity index (χ4v) is 4.19. The average molecular weight is 295 g/mol. The molecule has 112 valence electrons. The molecule has 0 aromatic carbocycles. The summed E-state index contributed by atoms with van der Waals surface area (Å²) in [5.41, 5.74) is 6.23. The van der Waals surface area contributed by atoms with Crippen LogP contribution in [-0.4, -0.2) is 37.0 Å². The third kappa shape index (κ3) is 3.40. The third-order valence-corrected chi connectivity index (χ3v) is 5.09. The summed E-state index contributed by atoms with van der Waals surface area (Å²) in [6, 6.07) is 4.62. The van der Waals surface area contributed by atoms with Gasteiger partial charge in [0, 0.05) is 29.4 Å². The van der Waals surface area contributed by atoms with Crippen molar-refractivity contribution in [1.29, 1.82) is 0 Å². The van der Waals surface area contributed by atoms with Crippen LogP contribution >= 0.6 is 11.3 Å². The van der Waals surface area contributed by atoms with E-state index >= 15 is 0 Å². The quantitative estimate of drug-likeness (QED) is 0.892. The molecular weight excluding hydrogens is 270 g/mol. The van der Waals surface area contributed by atoms with Crippen LogP contribution in [0.5, 0.6) is 0 Å². The number of piperidine rings is 1. The van der Waals surface area contributed by atoms with Crippen LogP contribution in [0.3, 0.4) is 0 Å². The number of rotatable bonds is 4. The molecule has 3 N–H and O–H groups in total. The zero-order valence-electron chi connectivity index (χ0n) is 12.6. The van der Waals surface area contributed by atoms with Gasteiger partial charge in [0.1, 0.15) is 0 Å². The van der Waals surface area contributed by atoms with Gasteiger partial charge >= 0.3 is 0 Å². The highest BCUT2D eigenvalue weighted by Crippen LogP contribution is 2.32. The Morgan fingerprint density at radius 3 is 2.85 bits per heavy atom. The molecule has 3 atom stereocenters. The molecule has 2 rings (SSSR count). The number of aryl methyl sites for hydroxylation is 1. The SMILES string of the molecule is CNC(=O)C1CCCN(C(c2ccc(C)s2)C(C)N)C1. The number of amides is 1. The third-order valence-electron chi connectivity index (χ3n) is 4.01. The Kier molecular flexibility index (Phi) is 5.18. The molecule has 1 amide bonds. The highest BCUT2D eigenvalue weighted by Gasteiger charge is 2.32. The molecule has 1 aliphatic rings. The van der Waals surface area contributed by atoms with Gasteiger partial charge in [-0.2, -0.15) is 0 Å². The maximum absolute atomic E-state index is 11.9. The van der Waals surface area contributed by atoms with Crippen LogP contribution in [0.2, 0.25) is 0 Å². The number of hydrogen-bond donors (Lipinski definition) is 2. The first-order valence-electron chi connectivity index (χ1n) is 7.30. The van der Waals surface area contributed by atoms with Crippen molar-refractivity contribution < 1.29 is 4.79 Å². The summed E-state index contributed by atoms with van der Waals surface area (Å²) in [5, 5.41) is 2.77. The molecule has 0 spiro atoms. The predicted octanol–water partition coefficient (Wildman–Crippen LogP) is 1.90. The first kappa shape index (κ1) is 15.5. The molecule has 5 heteroatoms. The van der Waals surface area contributed by atoms with Crippen molar-refractivity contribution in [1.82, 2.24) is 10.2 Å². The number of nitrogens with two attached hydrogens (primary N) is 1. The highest BCUT2D eigenvalue weighted by molar-refractivity contribution is 7.12. The van der Waals surface area contributed by atoms with E-state index in [4.69, 9.17) is 5.73 Å². The number of hydrogen-bond acceptors (Lipinski definition) is 4. The van der Waals surface area contributed by atoms with Crippen LogP contribution in [0, 0.1) is 12.8 Å². The smallest absolute Gasteiger partial charge is 0.224 e. The molecule has 1 aromatic heterocycles. The first-order chi connectivity index (χ1) is 9.52. The van der Waals surface area contributed by atoms with E-state index in [-0.39, 0.29) is 23.9 Å². The first-order valence-corrected chi connectivity index (χ1v) is 8.12. The fourth-order valence-electron chi connectivity index (χ4n) is 3.06. The molecule has 3 unspecified atom stereocenters. The van der Waals surface area contributed by atoms with E-state index in [1.54, 1.807) is 7.05 Å². The van der Waals surface area contributed by atoms with Gasteiger partial charge in [-0.15, -0.1) is 11.3 Å². The van der Waals surface area contributed by atoms with Crippen LogP contribution in [0.1, 0.15) is 35.6 Å². The van der Waals surface area contributed by atoms with E-state index in [2.05, 4.69) is 36.2 Å². The number of carbonyl (C=O) groups excluding carboxylic acids is 1. The van der Waals surface area contributed by atoms with Crippen LogP contribution in [0.4, 0.5) is 0 Å². The summed E-state index contributed by atoms with van der Waals surface area (Å²) >= 11 is 1.81. The van der Waals surface area contributed by atoms with Gasteiger partial charge in [0.05, 0.1) is 12.0 Å². The summed E-state index contributed by atoms with van der Waals surface area (Å²) in [6.07, 6.45) is 2.04. The minimum absolute atomic E-state index is 0.0662. The summed E-state index contributed by atoms with van der Waals surface area (Å²) in [6.45, 7) is 6.01. The molecule has 1 aromatic rings. The Labute approximate surface area is 125 Å². The van der Waals surface area contributed by atoms with Crippen molar-refractivity contribution in [2.24, 2.45) is 11.7 Å². The van der Waals surface area contributed by atoms with Crippen LogP contribution < -0.4 is 11.1 Å². The molecule has 1 saturated heterocycles. The molecule has 0 bridgehead atoms. The summed E-state index contributed by atoms with van der Waals surface area (Å²) < 4.78 is 0. The number of carbonyl (C=O) groups is 1. The largest absolute Gasteiger partial charge is 0.359 e. The summed E-state index contributed by atoms with van der Waals surface area (Å²) in [4.78, 5) is 16.9. The van der Waals surface area contributed by atoms with Gasteiger partial charge in [-0.1, -0.05) is 0 Å². The Morgan fingerprint density at radius 2 is 2.30 bits per heavy atom. The molecule has 0 aliphatic carbocycles. The van der Waals surface area contributed by atoms with Crippen molar-refractivity contribution in [2.75, 3.05) is 20.1 Å². The van der Waals surface area contributed by atoms with Crippen LogP contribution in [-0.2, 0) is 4.79 Å². The second kappa shape index (κ2) is 6.70. The monoisotopic (exact) mass is 295 g/mol. The minimum atomic E-state index is 0.0662. The van der Waals surface area contributed by atoms with Gasteiger partial charge in [-0.05, 0) is 45.4 Å². The lowest BCUT2D eigenvalue weighted by Gasteiger charge is -2.39. The van der Waals surface area contributed by atoms with E-state index in [0.29, 0.717) is 0 Å². The van der Waals surface area contributed by atoms with Gasteiger partial charge in [0.25, 0.3) is 0 Å². The van der Waals surface area contributed by atoms with Gasteiger partial charge in [0.15, 0.2) is 0 Å². The second-order valence-corrected chi connectivity index (χ2v) is 7.02. The maximum atomic E-state index is 11.9. The topological polar surface area (TPSA) is 58.4 Å². The van der Waals surface area contributed by atoms with Crippen molar-refractivity contribution in [3.63, 3.8) is 0 Å². The van der Waals surface area contributed by atoms with E-state index in [9.17, 15) is 4.79 Å². The standard InChI is InChI=1S/C15H25N3OS/c1-10-6-7-13(20-10)14(11(2)16)18-8-4-5-12(9-18)15(19)17-3/h6-7,11-12,14H,4-5,8-9,16H2,1-3H3,(H,17,19). The predicted molar refractivity (Wildman–Crippen MR) is 83.8 cm³/mol. The molecule has 4 nitrogen and oxygen atoms in total. The molecule has 1 fully saturated rings. The molecule has 0 saturated carbocycles. The Hall–Kier alpha value is -0.910. The minimum Gasteiger partial charge on any atom is -0.359 e. The van der Waals surface area contributed by atoms with E-state index < -0.39 is 0 Å². The Bertz CT molecular complexity index is 458. The molecule has 0 radical (unpaired) electrons. The van der Waals surface area contributed by atoms with Crippen molar-refractivity contribution in [3.05, 3.63) is 21.9 Å². The maximum Gasteiger partial charge on any atom is 0.224 e. The lowest BCUT2D eigenvalue weighted by atomic mass is 9.94. The number of nitrogens with one attached hydrogen (secondary N) is 1. The number of thiophene rings is 1. The molecule has 2 heterocycles. The normalized spacial score (nSPS) is 23.3. The molecule has 1 aliphatic heterocycles. The van der Waals surface area contributed by atoms with Gasteiger partial charge in [-0.25, -0.2) is 0 Å². The highest BCUT2D eigenvalue weighted by atomic mass is 32.1. The summed E-state index contributed by atoms with van der Waals surface area (Å²) in [5.74, 6) is 0.247. The van der Waals surface area contributed by atoms with Gasteiger partial charge in [-0.3, -0.25) is 9.69 Å². The molecule has 20 heavy (non-hydrogen) atoms. The lowest BCUT2D eigenvalue weighted by molar-refractivity contribution is -0.126. The van der Waals surface area contributed by atoms with Crippen LogP contribution in [0.15, 0.2) is 12.1 Å². The fraction of sp³-hybridized carbons (Fsp3) is 0.667. The second-order valence-electron chi connectivity index (χ2n) is 5.70. The zero-order valence-corrected chi connectivity index (χ0v) is 13.4. The van der Waals surface area contributed by atoms with Crippen molar-refractivity contribution in [3.8, 4) is 0 Å². The van der Waals surface area contributed by atoms with Crippen LogP contribution in [0.25, 0.3) is 0 Å². The molecular formula is C15H25N3OS. The Balaban J connectivity index is 2.15. The summed E-state index contributed by atoms with van der Waals surface area (Å²) in [7, 11) is 1.72. The lowest BCUT2D eigenvalue weighted by Crippen LogP contribution is -2.47. The Morgan fingerprint density at radius 1 is 1.55 bits per heavy atom. The van der Waals surface area contributed by atoms with Crippen molar-refractivity contribution in [2.45, 2.75) is 38.8 Å². The van der Waals surface area contributed by atoms with Gasteiger partial charge in [0.2, 0.25) is 5.91 Å². The van der Waals surface area contributed by atoms with Gasteiger partial charge < -0.3 is 11.1 Å². The van der Waals surface area contributed by atoms with E-state index in [0.717, 1.165) is 25.9 Å². The van der Waals surface area contributed by atoms with E-state index in [1.165, 1.54) is 9.75 Å². The van der Waals surface area contributed by atoms with E-state index in [1.807, 2.05) is 11.3 Å². The number of nitrogens with zero attached hydrogens (tertiary/aromatic N) is 1. The average Bonchev–Trinajstić information content (AvgIpc) is 2.84. The van der Waals surface area contributed by atoms with Crippen molar-refractivity contribution >= 4 is 17.2 Å².